The first-order chi connectivity index (χ1) is 8.54. The second-order valence-electron chi connectivity index (χ2n) is 4.00. The van der Waals surface area contributed by atoms with E-state index >= 15 is 0 Å². The summed E-state index contributed by atoms with van der Waals surface area (Å²) in [7, 11) is 0. The van der Waals surface area contributed by atoms with Gasteiger partial charge in [-0.25, -0.2) is 4.79 Å². The molecular weight excluding hydrogens is 298 g/mol. The van der Waals surface area contributed by atoms with Crippen molar-refractivity contribution in [3.63, 3.8) is 0 Å². The molecule has 0 aromatic heterocycles. The molecule has 2 N–H and O–H groups in total. The average Bonchev–Trinajstić information content (AvgIpc) is 2.31. The Bertz CT molecular complexity index is 446. The fraction of sp³-hybridized carbons (Fsp3) is 0.385. The topological polar surface area (TPSA) is 66.4 Å². The van der Waals surface area contributed by atoms with Gasteiger partial charge in [0.2, 0.25) is 5.91 Å². The minimum absolute atomic E-state index is 0.0909. The predicted octanol–water partition coefficient (Wildman–Crippen LogP) is 3.67. The van der Waals surface area contributed by atoms with Gasteiger partial charge in [-0.1, -0.05) is 35.7 Å². The van der Waals surface area contributed by atoms with Crippen LogP contribution in [0.3, 0.4) is 0 Å². The lowest BCUT2D eigenvalue weighted by Gasteiger charge is -2.08. The fourth-order valence-corrected chi connectivity index (χ4v) is 1.91. The summed E-state index contributed by atoms with van der Waals surface area (Å²) >= 11 is 3.21. The van der Waals surface area contributed by atoms with Crippen LogP contribution in [0.1, 0.15) is 43.0 Å². The molecule has 0 spiro atoms. The summed E-state index contributed by atoms with van der Waals surface area (Å²) in [5.74, 6) is -1.20. The molecule has 0 bridgehead atoms. The van der Waals surface area contributed by atoms with Crippen LogP contribution in [0.25, 0.3) is 0 Å². The van der Waals surface area contributed by atoms with Crippen molar-refractivity contribution in [2.45, 2.75) is 32.6 Å². The van der Waals surface area contributed by atoms with Crippen LogP contribution in [-0.4, -0.2) is 17.0 Å². The Morgan fingerprint density at radius 3 is 2.67 bits per heavy atom. The first-order valence-electron chi connectivity index (χ1n) is 5.87. The minimum atomic E-state index is -1.06. The van der Waals surface area contributed by atoms with E-state index in [0.29, 0.717) is 16.6 Å². The summed E-state index contributed by atoms with van der Waals surface area (Å²) in [6, 6.07) is 4.77. The van der Waals surface area contributed by atoms with Crippen molar-refractivity contribution in [2.24, 2.45) is 0 Å². The smallest absolute Gasteiger partial charge is 0.337 e. The van der Waals surface area contributed by atoms with Gasteiger partial charge in [0.25, 0.3) is 0 Å². The van der Waals surface area contributed by atoms with E-state index in [0.717, 1.165) is 19.3 Å². The molecule has 0 unspecified atom stereocenters. The van der Waals surface area contributed by atoms with Crippen LogP contribution >= 0.6 is 15.9 Å². The molecule has 0 fully saturated rings. The highest BCUT2D eigenvalue weighted by Crippen LogP contribution is 2.21. The van der Waals surface area contributed by atoms with Gasteiger partial charge < -0.3 is 10.4 Å². The van der Waals surface area contributed by atoms with Crippen molar-refractivity contribution in [1.82, 2.24) is 0 Å². The molecule has 1 aromatic carbocycles. The highest BCUT2D eigenvalue weighted by molar-refractivity contribution is 9.10. The Balaban J connectivity index is 2.72. The Morgan fingerprint density at radius 1 is 1.33 bits per heavy atom. The molecule has 5 heteroatoms. The molecule has 18 heavy (non-hydrogen) atoms. The van der Waals surface area contributed by atoms with Crippen LogP contribution < -0.4 is 5.32 Å². The Labute approximate surface area is 115 Å². The summed E-state index contributed by atoms with van der Waals surface area (Å²) in [6.45, 7) is 2.06. The number of hydrogen-bond acceptors (Lipinski definition) is 2. The zero-order valence-electron chi connectivity index (χ0n) is 10.2. The molecule has 1 amide bonds. The second kappa shape index (κ2) is 7.16. The third-order valence-electron chi connectivity index (χ3n) is 2.49. The normalized spacial score (nSPS) is 10.1. The molecule has 0 aliphatic rings. The van der Waals surface area contributed by atoms with Gasteiger partial charge in [-0.2, -0.15) is 0 Å². The highest BCUT2D eigenvalue weighted by atomic mass is 79.9. The van der Waals surface area contributed by atoms with Crippen LogP contribution in [0, 0.1) is 0 Å². The summed E-state index contributed by atoms with van der Waals surface area (Å²) < 4.78 is 0.670. The summed E-state index contributed by atoms with van der Waals surface area (Å²) in [4.78, 5) is 22.7. The number of anilines is 1. The number of carbonyl (C=O) groups excluding carboxylic acids is 1. The van der Waals surface area contributed by atoms with Crippen molar-refractivity contribution in [3.8, 4) is 0 Å². The van der Waals surface area contributed by atoms with Gasteiger partial charge in [-0.3, -0.25) is 4.79 Å². The number of halogens is 1. The van der Waals surface area contributed by atoms with Gasteiger partial charge in [0.15, 0.2) is 0 Å². The van der Waals surface area contributed by atoms with E-state index in [-0.39, 0.29) is 11.5 Å². The second-order valence-corrected chi connectivity index (χ2v) is 4.92. The maximum Gasteiger partial charge on any atom is 0.337 e. The number of rotatable bonds is 6. The third-order valence-corrected chi connectivity index (χ3v) is 2.99. The van der Waals surface area contributed by atoms with Crippen molar-refractivity contribution < 1.29 is 14.7 Å². The molecule has 0 saturated carbocycles. The summed E-state index contributed by atoms with van der Waals surface area (Å²) in [6.07, 6.45) is 3.29. The first kappa shape index (κ1) is 14.7. The molecule has 0 aliphatic carbocycles. The first-order valence-corrected chi connectivity index (χ1v) is 6.66. The molecule has 4 nitrogen and oxygen atoms in total. The molecule has 1 rings (SSSR count). The lowest BCUT2D eigenvalue weighted by atomic mass is 10.1. The van der Waals surface area contributed by atoms with Crippen molar-refractivity contribution in [2.75, 3.05) is 5.32 Å². The molecule has 98 valence electrons. The standard InChI is InChI=1S/C13H16BrNO3/c1-2-3-4-5-12(16)15-11-7-6-9(14)8-10(11)13(17)18/h6-8H,2-5H2,1H3,(H,15,16)(H,17,18). The number of hydrogen-bond donors (Lipinski definition) is 2. The van der Waals surface area contributed by atoms with Gasteiger partial charge in [0, 0.05) is 10.9 Å². The van der Waals surface area contributed by atoms with Crippen molar-refractivity contribution in [3.05, 3.63) is 28.2 Å². The van der Waals surface area contributed by atoms with E-state index in [1.165, 1.54) is 6.07 Å². The lowest BCUT2D eigenvalue weighted by molar-refractivity contribution is -0.116. The van der Waals surface area contributed by atoms with E-state index in [1.807, 2.05) is 0 Å². The number of carboxylic acids is 1. The molecule has 0 radical (unpaired) electrons. The molecule has 0 aliphatic heterocycles. The number of nitrogens with one attached hydrogen (secondary N) is 1. The zero-order chi connectivity index (χ0) is 13.5. The van der Waals surface area contributed by atoms with Crippen LogP contribution in [0.2, 0.25) is 0 Å². The van der Waals surface area contributed by atoms with Crippen molar-refractivity contribution >= 4 is 33.5 Å². The Morgan fingerprint density at radius 2 is 2.06 bits per heavy atom. The van der Waals surface area contributed by atoms with Gasteiger partial charge in [0.05, 0.1) is 11.3 Å². The molecule has 0 heterocycles. The highest BCUT2D eigenvalue weighted by Gasteiger charge is 2.12. The average molecular weight is 314 g/mol. The molecule has 1 aromatic rings. The number of amides is 1. The predicted molar refractivity (Wildman–Crippen MR) is 73.9 cm³/mol. The molecular formula is C13H16BrNO3. The largest absolute Gasteiger partial charge is 0.478 e. The van der Waals surface area contributed by atoms with E-state index in [2.05, 4.69) is 28.2 Å². The number of aromatic carboxylic acids is 1. The van der Waals surface area contributed by atoms with E-state index < -0.39 is 5.97 Å². The van der Waals surface area contributed by atoms with Crippen LogP contribution in [0.5, 0.6) is 0 Å². The van der Waals surface area contributed by atoms with Gasteiger partial charge in [-0.15, -0.1) is 0 Å². The van der Waals surface area contributed by atoms with E-state index in [1.54, 1.807) is 12.1 Å². The van der Waals surface area contributed by atoms with Gasteiger partial charge in [0.1, 0.15) is 0 Å². The van der Waals surface area contributed by atoms with Crippen molar-refractivity contribution in [1.29, 1.82) is 0 Å². The Kier molecular flexibility index (Phi) is 5.85. The zero-order valence-corrected chi connectivity index (χ0v) is 11.8. The minimum Gasteiger partial charge on any atom is -0.478 e. The Hall–Kier alpha value is -1.36. The van der Waals surface area contributed by atoms with Crippen LogP contribution in [0.4, 0.5) is 5.69 Å². The number of carboxylic acid groups (broad SMARTS) is 1. The van der Waals surface area contributed by atoms with Gasteiger partial charge in [-0.05, 0) is 24.6 Å². The monoisotopic (exact) mass is 313 g/mol. The fourth-order valence-electron chi connectivity index (χ4n) is 1.55. The summed E-state index contributed by atoms with van der Waals surface area (Å²) in [5.41, 5.74) is 0.431. The maximum absolute atomic E-state index is 11.6. The van der Waals surface area contributed by atoms with E-state index in [4.69, 9.17) is 5.11 Å². The van der Waals surface area contributed by atoms with Gasteiger partial charge >= 0.3 is 5.97 Å². The molecule has 0 atom stereocenters. The van der Waals surface area contributed by atoms with Crippen LogP contribution in [0.15, 0.2) is 22.7 Å². The van der Waals surface area contributed by atoms with Crippen LogP contribution in [-0.2, 0) is 4.79 Å². The molecule has 0 saturated heterocycles. The number of benzene rings is 1. The lowest BCUT2D eigenvalue weighted by Crippen LogP contribution is -2.14. The number of unbranched alkanes of at least 4 members (excludes halogenated alkanes) is 2. The van der Waals surface area contributed by atoms with E-state index in [9.17, 15) is 9.59 Å². The summed E-state index contributed by atoms with van der Waals surface area (Å²) in [5, 5.41) is 11.7. The maximum atomic E-state index is 11.6. The number of carbonyl (C=O) groups is 2. The SMILES string of the molecule is CCCCCC(=O)Nc1ccc(Br)cc1C(=O)O. The third kappa shape index (κ3) is 4.49. The quantitative estimate of drug-likeness (QED) is 0.787.